The fourth-order valence-electron chi connectivity index (χ4n) is 4.78. The number of ether oxygens (including phenoxy) is 1. The summed E-state index contributed by atoms with van der Waals surface area (Å²) in [5, 5.41) is 4.82. The minimum absolute atomic E-state index is 0.000351. The zero-order chi connectivity index (χ0) is 25.2. The van der Waals surface area contributed by atoms with Gasteiger partial charge in [-0.25, -0.2) is 9.67 Å². The molecule has 6 rings (SSSR count). The molecule has 1 fully saturated rings. The molecule has 1 amide bonds. The lowest BCUT2D eigenvalue weighted by Crippen LogP contribution is -2.48. The summed E-state index contributed by atoms with van der Waals surface area (Å²) in [6, 6.07) is 23.5. The zero-order valence-electron chi connectivity index (χ0n) is 20.7. The van der Waals surface area contributed by atoms with Crippen molar-refractivity contribution in [1.29, 1.82) is 0 Å². The molecule has 8 heteroatoms. The van der Waals surface area contributed by atoms with E-state index in [-0.39, 0.29) is 5.91 Å². The number of fused-ring (bicyclic) bond motifs is 1. The Morgan fingerprint density at radius 2 is 1.65 bits per heavy atom. The van der Waals surface area contributed by atoms with Crippen molar-refractivity contribution in [2.45, 2.75) is 6.54 Å². The van der Waals surface area contributed by atoms with Gasteiger partial charge in [0.1, 0.15) is 17.1 Å². The first-order valence-corrected chi connectivity index (χ1v) is 12.4. The number of nitrogens with zero attached hydrogens (tertiary/aromatic N) is 6. The van der Waals surface area contributed by atoms with Crippen LogP contribution in [0.4, 0.5) is 0 Å². The molecule has 0 unspecified atom stereocenters. The van der Waals surface area contributed by atoms with Crippen LogP contribution in [-0.4, -0.2) is 68.2 Å². The van der Waals surface area contributed by atoms with E-state index in [2.05, 4.69) is 11.1 Å². The molecule has 0 N–H and O–H groups in total. The maximum atomic E-state index is 13.8. The summed E-state index contributed by atoms with van der Waals surface area (Å²) in [4.78, 5) is 22.8. The van der Waals surface area contributed by atoms with Crippen LogP contribution in [0.5, 0.6) is 5.75 Å². The van der Waals surface area contributed by atoms with Gasteiger partial charge in [-0.2, -0.15) is 5.10 Å². The molecule has 3 aromatic heterocycles. The molecule has 37 heavy (non-hydrogen) atoms. The van der Waals surface area contributed by atoms with Gasteiger partial charge in [0.15, 0.2) is 0 Å². The van der Waals surface area contributed by atoms with Gasteiger partial charge in [0.2, 0.25) is 0 Å². The number of amides is 1. The van der Waals surface area contributed by atoms with Crippen LogP contribution < -0.4 is 4.74 Å². The summed E-state index contributed by atoms with van der Waals surface area (Å²) in [6.07, 6.45) is 5.94. The van der Waals surface area contributed by atoms with E-state index in [4.69, 9.17) is 14.8 Å². The topological polar surface area (TPSA) is 67.9 Å². The Kier molecular flexibility index (Phi) is 6.16. The van der Waals surface area contributed by atoms with Crippen molar-refractivity contribution in [3.05, 3.63) is 103 Å². The van der Waals surface area contributed by atoms with Gasteiger partial charge >= 0.3 is 0 Å². The van der Waals surface area contributed by atoms with Crippen molar-refractivity contribution in [3.63, 3.8) is 0 Å². The number of piperazine rings is 1. The minimum Gasteiger partial charge on any atom is -0.497 e. The lowest BCUT2D eigenvalue weighted by Gasteiger charge is -2.34. The van der Waals surface area contributed by atoms with E-state index < -0.39 is 0 Å². The van der Waals surface area contributed by atoms with Crippen LogP contribution in [0.15, 0.2) is 91.4 Å². The molecule has 186 valence electrons. The number of rotatable bonds is 6. The molecule has 0 saturated carbocycles. The van der Waals surface area contributed by atoms with Gasteiger partial charge < -0.3 is 14.0 Å². The molecule has 0 spiro atoms. The number of pyridine rings is 1. The molecule has 5 aromatic rings. The van der Waals surface area contributed by atoms with E-state index in [1.807, 2.05) is 94.5 Å². The average molecular weight is 493 g/mol. The van der Waals surface area contributed by atoms with Gasteiger partial charge in [0.25, 0.3) is 5.91 Å². The highest BCUT2D eigenvalue weighted by Crippen LogP contribution is 2.27. The Labute approximate surface area is 215 Å². The Morgan fingerprint density at radius 3 is 2.38 bits per heavy atom. The van der Waals surface area contributed by atoms with Crippen LogP contribution >= 0.6 is 0 Å². The molecule has 1 aliphatic rings. The second-order valence-electron chi connectivity index (χ2n) is 9.17. The van der Waals surface area contributed by atoms with E-state index in [0.29, 0.717) is 24.3 Å². The van der Waals surface area contributed by atoms with Gasteiger partial charge in [-0.15, -0.1) is 0 Å². The lowest BCUT2D eigenvalue weighted by atomic mass is 10.1. The van der Waals surface area contributed by atoms with Crippen LogP contribution in [0, 0.1) is 0 Å². The fourth-order valence-corrected chi connectivity index (χ4v) is 4.78. The number of carbonyl (C=O) groups is 1. The normalized spacial score (nSPS) is 14.2. The maximum Gasteiger partial charge on any atom is 0.257 e. The van der Waals surface area contributed by atoms with Gasteiger partial charge in [-0.1, -0.05) is 24.3 Å². The predicted molar refractivity (Wildman–Crippen MR) is 142 cm³/mol. The van der Waals surface area contributed by atoms with Crippen LogP contribution in [-0.2, 0) is 6.54 Å². The number of benzene rings is 2. The molecule has 0 atom stereocenters. The summed E-state index contributed by atoms with van der Waals surface area (Å²) in [5.41, 5.74) is 5.05. The molecule has 0 bridgehead atoms. The van der Waals surface area contributed by atoms with Crippen LogP contribution in [0.3, 0.4) is 0 Å². The van der Waals surface area contributed by atoms with Crippen molar-refractivity contribution >= 4 is 11.6 Å². The third kappa shape index (κ3) is 4.71. The molecule has 2 aromatic carbocycles. The summed E-state index contributed by atoms with van der Waals surface area (Å²) < 4.78 is 9.14. The van der Waals surface area contributed by atoms with Gasteiger partial charge in [0, 0.05) is 56.9 Å². The third-order valence-corrected chi connectivity index (χ3v) is 6.79. The molecule has 1 saturated heterocycles. The average Bonchev–Trinajstić information content (AvgIpc) is 3.58. The van der Waals surface area contributed by atoms with E-state index in [9.17, 15) is 4.79 Å². The van der Waals surface area contributed by atoms with Crippen molar-refractivity contribution < 1.29 is 9.53 Å². The second kappa shape index (κ2) is 9.91. The largest absolute Gasteiger partial charge is 0.497 e. The smallest absolute Gasteiger partial charge is 0.257 e. The van der Waals surface area contributed by atoms with Gasteiger partial charge in [0.05, 0.1) is 24.1 Å². The lowest BCUT2D eigenvalue weighted by molar-refractivity contribution is 0.0628. The monoisotopic (exact) mass is 492 g/mol. The highest BCUT2D eigenvalue weighted by Gasteiger charge is 2.27. The standard InChI is InChI=1S/C29H28N6O2/c1-37-25-12-10-22(11-13-25)28-26(21-35(31-28)24-7-3-2-4-8-24)29(36)33-17-15-32(16-18-33)19-23-20-34-14-6-5-9-27(34)30-23/h2-14,20-21H,15-19H2,1H3. The molecule has 4 heterocycles. The number of methoxy groups -OCH3 is 1. The van der Waals surface area contributed by atoms with Crippen LogP contribution in [0.1, 0.15) is 16.1 Å². The summed E-state index contributed by atoms with van der Waals surface area (Å²) in [6.45, 7) is 3.68. The number of hydrogen-bond donors (Lipinski definition) is 0. The van der Waals surface area contributed by atoms with E-state index in [1.165, 1.54) is 0 Å². The number of para-hydroxylation sites is 1. The fraction of sp³-hybridized carbons (Fsp3) is 0.207. The summed E-state index contributed by atoms with van der Waals surface area (Å²) >= 11 is 0. The minimum atomic E-state index is 0.000351. The molecule has 0 radical (unpaired) electrons. The van der Waals surface area contributed by atoms with Crippen LogP contribution in [0.2, 0.25) is 0 Å². The first-order chi connectivity index (χ1) is 18.2. The molecular formula is C29H28N6O2. The van der Waals surface area contributed by atoms with Crippen LogP contribution in [0.25, 0.3) is 22.6 Å². The molecule has 8 nitrogen and oxygen atoms in total. The first-order valence-electron chi connectivity index (χ1n) is 12.4. The zero-order valence-corrected chi connectivity index (χ0v) is 20.7. The third-order valence-electron chi connectivity index (χ3n) is 6.79. The quantitative estimate of drug-likeness (QED) is 0.356. The maximum absolute atomic E-state index is 13.8. The van der Waals surface area contributed by atoms with E-state index in [0.717, 1.165) is 48.0 Å². The summed E-state index contributed by atoms with van der Waals surface area (Å²) in [7, 11) is 1.64. The Hall–Kier alpha value is -4.43. The van der Waals surface area contributed by atoms with Gasteiger partial charge in [-0.05, 0) is 48.5 Å². The van der Waals surface area contributed by atoms with Crippen molar-refractivity contribution in [1.82, 2.24) is 29.0 Å². The predicted octanol–water partition coefficient (Wildman–Crippen LogP) is 4.15. The Morgan fingerprint density at radius 1 is 0.892 bits per heavy atom. The van der Waals surface area contributed by atoms with Crippen molar-refractivity contribution in [2.24, 2.45) is 0 Å². The Bertz CT molecular complexity index is 1480. The first kappa shape index (κ1) is 23.0. The molecule has 0 aliphatic carbocycles. The number of hydrogen-bond acceptors (Lipinski definition) is 5. The highest BCUT2D eigenvalue weighted by molar-refractivity contribution is 6.00. The highest BCUT2D eigenvalue weighted by atomic mass is 16.5. The Balaban J connectivity index is 1.21. The number of aromatic nitrogens is 4. The SMILES string of the molecule is COc1ccc(-c2nn(-c3ccccc3)cc2C(=O)N2CCN(Cc3cn4ccccc4n3)CC2)cc1. The van der Waals surface area contributed by atoms with Crippen molar-refractivity contribution in [2.75, 3.05) is 33.3 Å². The van der Waals surface area contributed by atoms with E-state index >= 15 is 0 Å². The summed E-state index contributed by atoms with van der Waals surface area (Å²) in [5.74, 6) is 0.765. The second-order valence-corrected chi connectivity index (χ2v) is 9.17. The van der Waals surface area contributed by atoms with Gasteiger partial charge in [-0.3, -0.25) is 9.69 Å². The van der Waals surface area contributed by atoms with Crippen molar-refractivity contribution in [3.8, 4) is 22.7 Å². The number of carbonyl (C=O) groups excluding carboxylic acids is 1. The molecule has 1 aliphatic heterocycles. The molecular weight excluding hydrogens is 464 g/mol. The van der Waals surface area contributed by atoms with E-state index in [1.54, 1.807) is 11.8 Å². The number of imidazole rings is 1.